The first kappa shape index (κ1) is 14.6. The number of benzene rings is 1. The van der Waals surface area contributed by atoms with E-state index in [1.807, 2.05) is 13.8 Å². The summed E-state index contributed by atoms with van der Waals surface area (Å²) < 4.78 is 10.9. The average Bonchev–Trinajstić information content (AvgIpc) is 2.41. The Hall–Kier alpha value is -1.82. The zero-order chi connectivity index (χ0) is 14.9. The van der Waals surface area contributed by atoms with Gasteiger partial charge in [-0.15, -0.1) is 0 Å². The Morgan fingerprint density at radius 2 is 2.10 bits per heavy atom. The molecule has 1 aliphatic rings. The maximum absolute atomic E-state index is 10.9. The van der Waals surface area contributed by atoms with Crippen molar-refractivity contribution in [3.8, 4) is 5.75 Å². The lowest BCUT2D eigenvalue weighted by Crippen LogP contribution is -2.52. The van der Waals surface area contributed by atoms with Gasteiger partial charge in [-0.1, -0.05) is 0 Å². The van der Waals surface area contributed by atoms with Crippen LogP contribution >= 0.6 is 0 Å². The molecule has 0 bridgehead atoms. The first-order valence-corrected chi connectivity index (χ1v) is 6.68. The maximum Gasteiger partial charge on any atom is 0.311 e. The van der Waals surface area contributed by atoms with E-state index < -0.39 is 4.92 Å². The molecule has 6 heteroatoms. The van der Waals surface area contributed by atoms with Gasteiger partial charge < -0.3 is 14.4 Å². The molecule has 3 atom stereocenters. The SMILES string of the molecule is COc1cc(N2C[C@H](C)O[C@H](C)[C@@H]2C)ccc1[N+](=O)[O-]. The third-order valence-electron chi connectivity index (χ3n) is 3.76. The Balaban J connectivity index is 2.34. The van der Waals surface area contributed by atoms with Crippen LogP contribution in [0.25, 0.3) is 0 Å². The van der Waals surface area contributed by atoms with Crippen molar-refractivity contribution < 1.29 is 14.4 Å². The Kier molecular flexibility index (Phi) is 4.13. The molecule has 1 saturated heterocycles. The number of anilines is 1. The van der Waals surface area contributed by atoms with Gasteiger partial charge in [-0.05, 0) is 26.8 Å². The maximum atomic E-state index is 10.9. The lowest BCUT2D eigenvalue weighted by Gasteiger charge is -2.42. The molecule has 0 unspecified atom stereocenters. The second-order valence-corrected chi connectivity index (χ2v) is 5.16. The molecular formula is C14H20N2O4. The monoisotopic (exact) mass is 280 g/mol. The number of hydrogen-bond acceptors (Lipinski definition) is 5. The highest BCUT2D eigenvalue weighted by Crippen LogP contribution is 2.33. The number of nitro groups is 1. The van der Waals surface area contributed by atoms with E-state index in [1.165, 1.54) is 13.2 Å². The second-order valence-electron chi connectivity index (χ2n) is 5.16. The van der Waals surface area contributed by atoms with Crippen LogP contribution in [0, 0.1) is 10.1 Å². The number of hydrogen-bond donors (Lipinski definition) is 0. The number of nitro benzene ring substituents is 1. The second kappa shape index (κ2) is 5.66. The molecule has 1 heterocycles. The molecule has 2 rings (SSSR count). The molecule has 6 nitrogen and oxygen atoms in total. The lowest BCUT2D eigenvalue weighted by atomic mass is 10.1. The van der Waals surface area contributed by atoms with Gasteiger partial charge in [-0.25, -0.2) is 0 Å². The number of ether oxygens (including phenoxy) is 2. The van der Waals surface area contributed by atoms with Crippen LogP contribution < -0.4 is 9.64 Å². The van der Waals surface area contributed by atoms with Gasteiger partial charge in [0.15, 0.2) is 5.75 Å². The molecule has 0 amide bonds. The minimum atomic E-state index is -0.434. The van der Waals surface area contributed by atoms with E-state index in [0.29, 0.717) is 0 Å². The van der Waals surface area contributed by atoms with Crippen molar-refractivity contribution >= 4 is 11.4 Å². The third kappa shape index (κ3) is 2.70. The van der Waals surface area contributed by atoms with Gasteiger partial charge in [-0.2, -0.15) is 0 Å². The van der Waals surface area contributed by atoms with Crippen molar-refractivity contribution in [3.63, 3.8) is 0 Å². The van der Waals surface area contributed by atoms with Gasteiger partial charge in [0.05, 0.1) is 30.3 Å². The summed E-state index contributed by atoms with van der Waals surface area (Å²) in [6.07, 6.45) is 0.238. The molecule has 0 N–H and O–H groups in total. The number of methoxy groups -OCH3 is 1. The fourth-order valence-corrected chi connectivity index (χ4v) is 2.56. The van der Waals surface area contributed by atoms with Crippen molar-refractivity contribution in [1.82, 2.24) is 0 Å². The van der Waals surface area contributed by atoms with E-state index in [1.54, 1.807) is 12.1 Å². The van der Waals surface area contributed by atoms with Crippen LogP contribution in [0.1, 0.15) is 20.8 Å². The van der Waals surface area contributed by atoms with Crippen molar-refractivity contribution in [2.45, 2.75) is 39.0 Å². The minimum Gasteiger partial charge on any atom is -0.490 e. The summed E-state index contributed by atoms with van der Waals surface area (Å²) in [7, 11) is 1.44. The standard InChI is InChI=1S/C14H20N2O4/c1-9-8-15(10(2)11(3)20-9)12-5-6-13(16(17)18)14(7-12)19-4/h5-7,9-11H,8H2,1-4H3/t9-,10-,11+/m0/s1. The largest absolute Gasteiger partial charge is 0.490 e. The number of rotatable bonds is 3. The van der Waals surface area contributed by atoms with E-state index in [9.17, 15) is 10.1 Å². The summed E-state index contributed by atoms with van der Waals surface area (Å²) in [5, 5.41) is 10.9. The summed E-state index contributed by atoms with van der Waals surface area (Å²) in [5.74, 6) is 0.284. The highest BCUT2D eigenvalue weighted by Gasteiger charge is 2.30. The van der Waals surface area contributed by atoms with E-state index in [0.717, 1.165) is 12.2 Å². The molecule has 1 aromatic carbocycles. The average molecular weight is 280 g/mol. The number of morpholine rings is 1. The molecule has 0 saturated carbocycles. The topological polar surface area (TPSA) is 64.8 Å². The fourth-order valence-electron chi connectivity index (χ4n) is 2.56. The highest BCUT2D eigenvalue weighted by molar-refractivity contribution is 5.60. The van der Waals surface area contributed by atoms with Crippen LogP contribution in [0.4, 0.5) is 11.4 Å². The molecule has 0 aromatic heterocycles. The van der Waals surface area contributed by atoms with Crippen molar-refractivity contribution in [1.29, 1.82) is 0 Å². The summed E-state index contributed by atoms with van der Waals surface area (Å²) in [5.41, 5.74) is 0.903. The van der Waals surface area contributed by atoms with Gasteiger partial charge >= 0.3 is 5.69 Å². The van der Waals surface area contributed by atoms with Crippen molar-refractivity contribution in [2.75, 3.05) is 18.6 Å². The molecule has 1 aliphatic heterocycles. The Morgan fingerprint density at radius 3 is 2.70 bits per heavy atom. The summed E-state index contributed by atoms with van der Waals surface area (Å²) in [4.78, 5) is 12.7. The van der Waals surface area contributed by atoms with Crippen LogP contribution in [-0.4, -0.2) is 36.8 Å². The third-order valence-corrected chi connectivity index (χ3v) is 3.76. The first-order valence-electron chi connectivity index (χ1n) is 6.68. The molecule has 20 heavy (non-hydrogen) atoms. The first-order chi connectivity index (χ1) is 9.43. The summed E-state index contributed by atoms with van der Waals surface area (Å²) in [6, 6.07) is 5.19. The van der Waals surface area contributed by atoms with Crippen LogP contribution in [0.15, 0.2) is 18.2 Å². The predicted octanol–water partition coefficient (Wildman–Crippen LogP) is 2.61. The quantitative estimate of drug-likeness (QED) is 0.629. The summed E-state index contributed by atoms with van der Waals surface area (Å²) in [6.45, 7) is 6.91. The van der Waals surface area contributed by atoms with Gasteiger partial charge in [0, 0.05) is 24.4 Å². The van der Waals surface area contributed by atoms with E-state index in [-0.39, 0.29) is 29.7 Å². The minimum absolute atomic E-state index is 0.0155. The normalized spacial score (nSPS) is 26.4. The fraction of sp³-hybridized carbons (Fsp3) is 0.571. The van der Waals surface area contributed by atoms with Crippen molar-refractivity contribution in [2.24, 2.45) is 0 Å². The highest BCUT2D eigenvalue weighted by atomic mass is 16.6. The zero-order valence-electron chi connectivity index (χ0n) is 12.2. The van der Waals surface area contributed by atoms with Gasteiger partial charge in [0.25, 0.3) is 0 Å². The lowest BCUT2D eigenvalue weighted by molar-refractivity contribution is -0.385. The molecule has 1 aromatic rings. The Morgan fingerprint density at radius 1 is 1.40 bits per heavy atom. The molecule has 110 valence electrons. The van der Waals surface area contributed by atoms with Crippen LogP contribution in [0.2, 0.25) is 0 Å². The molecule has 0 aliphatic carbocycles. The van der Waals surface area contributed by atoms with Crippen LogP contribution in [-0.2, 0) is 4.74 Å². The van der Waals surface area contributed by atoms with Crippen LogP contribution in [0.3, 0.4) is 0 Å². The van der Waals surface area contributed by atoms with Gasteiger partial charge in [0.1, 0.15) is 0 Å². The predicted molar refractivity (Wildman–Crippen MR) is 76.5 cm³/mol. The smallest absolute Gasteiger partial charge is 0.311 e. The molecular weight excluding hydrogens is 260 g/mol. The Bertz CT molecular complexity index is 506. The number of nitrogens with zero attached hydrogens (tertiary/aromatic N) is 2. The molecule has 0 spiro atoms. The van der Waals surface area contributed by atoms with Crippen molar-refractivity contribution in [3.05, 3.63) is 28.3 Å². The van der Waals surface area contributed by atoms with E-state index in [2.05, 4.69) is 11.8 Å². The van der Waals surface area contributed by atoms with Crippen LogP contribution in [0.5, 0.6) is 5.75 Å². The van der Waals surface area contributed by atoms with Gasteiger partial charge in [-0.3, -0.25) is 10.1 Å². The zero-order valence-corrected chi connectivity index (χ0v) is 12.2. The van der Waals surface area contributed by atoms with E-state index >= 15 is 0 Å². The van der Waals surface area contributed by atoms with Gasteiger partial charge in [0.2, 0.25) is 0 Å². The molecule has 0 radical (unpaired) electrons. The van der Waals surface area contributed by atoms with E-state index in [4.69, 9.17) is 9.47 Å². The molecule has 1 fully saturated rings. The Labute approximate surface area is 118 Å². The summed E-state index contributed by atoms with van der Waals surface area (Å²) >= 11 is 0.